The molecule has 0 aliphatic heterocycles. The highest BCUT2D eigenvalue weighted by Crippen LogP contribution is 2.27. The van der Waals surface area contributed by atoms with Gasteiger partial charge in [-0.05, 0) is 24.1 Å². The largest absolute Gasteiger partial charge is 0.431 e. The molecule has 0 unspecified atom stereocenters. The molecule has 4 nitrogen and oxygen atoms in total. The third-order valence-electron chi connectivity index (χ3n) is 2.23. The van der Waals surface area contributed by atoms with Gasteiger partial charge in [-0.25, -0.2) is 4.98 Å². The van der Waals surface area contributed by atoms with Gasteiger partial charge < -0.3 is 15.2 Å². The maximum absolute atomic E-state index is 5.57. The summed E-state index contributed by atoms with van der Waals surface area (Å²) in [6.07, 6.45) is 2.49. The molecule has 0 aliphatic carbocycles. The third kappa shape index (κ3) is 3.44. The molecular formula is C12H14N2O2S. The van der Waals surface area contributed by atoms with Gasteiger partial charge in [-0.3, -0.25) is 0 Å². The number of hydrogen-bond donors (Lipinski definition) is 1. The highest BCUT2D eigenvalue weighted by Gasteiger charge is 2.02. The Morgan fingerprint density at radius 3 is 2.65 bits per heavy atom. The lowest BCUT2D eigenvalue weighted by atomic mass is 10.1. The molecule has 0 atom stereocenters. The summed E-state index contributed by atoms with van der Waals surface area (Å²) in [4.78, 5) is 4.03. The smallest absolute Gasteiger partial charge is 0.280 e. The van der Waals surface area contributed by atoms with Crippen LogP contribution in [0.2, 0.25) is 0 Å². The summed E-state index contributed by atoms with van der Waals surface area (Å²) in [6, 6.07) is 7.88. The van der Waals surface area contributed by atoms with Crippen molar-refractivity contribution in [1.29, 1.82) is 0 Å². The summed E-state index contributed by atoms with van der Waals surface area (Å²) in [7, 11) is 1.70. The lowest BCUT2D eigenvalue weighted by Gasteiger charge is -2.03. The van der Waals surface area contributed by atoms with E-state index in [0.717, 1.165) is 18.8 Å². The maximum Gasteiger partial charge on any atom is 0.280 e. The van der Waals surface area contributed by atoms with Crippen LogP contribution < -0.4 is 10.5 Å². The molecular weight excluding hydrogens is 236 g/mol. The lowest BCUT2D eigenvalue weighted by Crippen LogP contribution is -1.94. The van der Waals surface area contributed by atoms with Crippen LogP contribution in [0.3, 0.4) is 0 Å². The number of nitrogen functional groups attached to an aromatic ring is 1. The molecule has 2 aromatic rings. The Labute approximate surface area is 104 Å². The molecule has 1 aromatic heterocycles. The van der Waals surface area contributed by atoms with Crippen molar-refractivity contribution in [3.05, 3.63) is 36.0 Å². The highest BCUT2D eigenvalue weighted by atomic mass is 32.1. The van der Waals surface area contributed by atoms with Gasteiger partial charge in [0.25, 0.3) is 5.19 Å². The minimum Gasteiger partial charge on any atom is -0.431 e. The topological polar surface area (TPSA) is 57.4 Å². The van der Waals surface area contributed by atoms with Crippen molar-refractivity contribution in [1.82, 2.24) is 4.98 Å². The van der Waals surface area contributed by atoms with E-state index in [1.807, 2.05) is 24.3 Å². The first-order valence-electron chi connectivity index (χ1n) is 5.25. The second kappa shape index (κ2) is 5.65. The van der Waals surface area contributed by atoms with Crippen LogP contribution in [0.1, 0.15) is 5.56 Å². The first-order valence-corrected chi connectivity index (χ1v) is 6.06. The summed E-state index contributed by atoms with van der Waals surface area (Å²) in [5.74, 6) is 0.764. The minimum absolute atomic E-state index is 0.562. The molecule has 5 heteroatoms. The molecule has 0 bridgehead atoms. The zero-order valence-electron chi connectivity index (χ0n) is 9.55. The van der Waals surface area contributed by atoms with Gasteiger partial charge >= 0.3 is 0 Å². The zero-order valence-corrected chi connectivity index (χ0v) is 10.4. The summed E-state index contributed by atoms with van der Waals surface area (Å²) < 4.78 is 10.6. The quantitative estimate of drug-likeness (QED) is 0.886. The minimum atomic E-state index is 0.562. The summed E-state index contributed by atoms with van der Waals surface area (Å²) >= 11 is 1.33. The van der Waals surface area contributed by atoms with E-state index in [9.17, 15) is 0 Å². The van der Waals surface area contributed by atoms with Gasteiger partial charge in [-0.2, -0.15) is 0 Å². The Balaban J connectivity index is 1.98. The Hall–Kier alpha value is -1.59. The summed E-state index contributed by atoms with van der Waals surface area (Å²) in [6.45, 7) is 0.725. The summed E-state index contributed by atoms with van der Waals surface area (Å²) in [5.41, 5.74) is 6.79. The second-order valence-corrected chi connectivity index (χ2v) is 4.54. The van der Waals surface area contributed by atoms with Gasteiger partial charge in [0, 0.05) is 7.11 Å². The molecule has 90 valence electrons. The fraction of sp³-hybridized carbons (Fsp3) is 0.250. The van der Waals surface area contributed by atoms with Crippen molar-refractivity contribution in [3.8, 4) is 10.9 Å². The van der Waals surface area contributed by atoms with Crippen LogP contribution in [0.25, 0.3) is 0 Å². The van der Waals surface area contributed by atoms with Gasteiger partial charge in [0.2, 0.25) is 0 Å². The average Bonchev–Trinajstić information content (AvgIpc) is 2.74. The van der Waals surface area contributed by atoms with E-state index in [-0.39, 0.29) is 0 Å². The Morgan fingerprint density at radius 2 is 2.06 bits per heavy atom. The van der Waals surface area contributed by atoms with Crippen molar-refractivity contribution in [2.45, 2.75) is 6.42 Å². The number of hydrogen-bond acceptors (Lipinski definition) is 5. The predicted molar refractivity (Wildman–Crippen MR) is 68.6 cm³/mol. The zero-order chi connectivity index (χ0) is 12.1. The van der Waals surface area contributed by atoms with Crippen molar-refractivity contribution in [2.24, 2.45) is 0 Å². The number of nitrogens with two attached hydrogens (primary N) is 1. The van der Waals surface area contributed by atoms with E-state index in [1.54, 1.807) is 13.3 Å². The van der Waals surface area contributed by atoms with Crippen molar-refractivity contribution < 1.29 is 9.47 Å². The monoisotopic (exact) mass is 250 g/mol. The molecule has 0 saturated heterocycles. The SMILES string of the molecule is COCCc1ccc(Oc2ncc(N)s2)cc1. The molecule has 0 saturated carbocycles. The molecule has 17 heavy (non-hydrogen) atoms. The standard InChI is InChI=1S/C12H14N2O2S/c1-15-7-6-9-2-4-10(5-3-9)16-12-14-8-11(13)17-12/h2-5,8H,6-7,13H2,1H3. The number of aromatic nitrogens is 1. The van der Waals surface area contributed by atoms with Crippen LogP contribution in [0, 0.1) is 0 Å². The number of anilines is 1. The number of methoxy groups -OCH3 is 1. The number of ether oxygens (including phenoxy) is 2. The molecule has 2 N–H and O–H groups in total. The van der Waals surface area contributed by atoms with E-state index in [4.69, 9.17) is 15.2 Å². The normalized spacial score (nSPS) is 10.4. The molecule has 1 heterocycles. The Bertz CT molecular complexity index is 468. The Morgan fingerprint density at radius 1 is 1.29 bits per heavy atom. The van der Waals surface area contributed by atoms with Gasteiger partial charge in [0.05, 0.1) is 12.8 Å². The number of benzene rings is 1. The van der Waals surface area contributed by atoms with E-state index in [2.05, 4.69) is 4.98 Å². The number of rotatable bonds is 5. The van der Waals surface area contributed by atoms with Crippen LogP contribution in [0.4, 0.5) is 5.00 Å². The van der Waals surface area contributed by atoms with Crippen LogP contribution in [-0.2, 0) is 11.2 Å². The molecule has 0 amide bonds. The maximum atomic E-state index is 5.57. The fourth-order valence-corrected chi connectivity index (χ4v) is 1.91. The number of nitrogens with zero attached hydrogens (tertiary/aromatic N) is 1. The van der Waals surface area contributed by atoms with Crippen LogP contribution in [0.5, 0.6) is 10.9 Å². The lowest BCUT2D eigenvalue weighted by molar-refractivity contribution is 0.202. The van der Waals surface area contributed by atoms with E-state index in [1.165, 1.54) is 16.9 Å². The Kier molecular flexibility index (Phi) is 3.95. The summed E-state index contributed by atoms with van der Waals surface area (Å²) in [5, 5.41) is 1.21. The first-order chi connectivity index (χ1) is 8.28. The number of thiazole rings is 1. The van der Waals surface area contributed by atoms with Crippen molar-refractivity contribution in [2.75, 3.05) is 19.5 Å². The third-order valence-corrected chi connectivity index (χ3v) is 2.93. The van der Waals surface area contributed by atoms with Gasteiger partial charge in [-0.15, -0.1) is 0 Å². The average molecular weight is 250 g/mol. The van der Waals surface area contributed by atoms with E-state index >= 15 is 0 Å². The van der Waals surface area contributed by atoms with Crippen LogP contribution in [-0.4, -0.2) is 18.7 Å². The van der Waals surface area contributed by atoms with E-state index in [0.29, 0.717) is 10.2 Å². The molecule has 0 fully saturated rings. The molecule has 1 aromatic carbocycles. The van der Waals surface area contributed by atoms with E-state index < -0.39 is 0 Å². The van der Waals surface area contributed by atoms with Crippen molar-refractivity contribution >= 4 is 16.3 Å². The van der Waals surface area contributed by atoms with Crippen LogP contribution in [0.15, 0.2) is 30.5 Å². The van der Waals surface area contributed by atoms with Gasteiger partial charge in [-0.1, -0.05) is 23.5 Å². The highest BCUT2D eigenvalue weighted by molar-refractivity contribution is 7.17. The first kappa shape index (κ1) is 11.9. The predicted octanol–water partition coefficient (Wildman–Crippen LogP) is 2.71. The van der Waals surface area contributed by atoms with Crippen molar-refractivity contribution in [3.63, 3.8) is 0 Å². The van der Waals surface area contributed by atoms with Gasteiger partial charge in [0.1, 0.15) is 10.8 Å². The van der Waals surface area contributed by atoms with Crippen LogP contribution >= 0.6 is 11.3 Å². The molecule has 2 rings (SSSR count). The van der Waals surface area contributed by atoms with Gasteiger partial charge in [0.15, 0.2) is 0 Å². The molecule has 0 spiro atoms. The molecule has 0 aliphatic rings. The molecule has 0 radical (unpaired) electrons. The fourth-order valence-electron chi connectivity index (χ4n) is 1.36. The second-order valence-electron chi connectivity index (χ2n) is 3.52.